The van der Waals surface area contributed by atoms with E-state index in [0.717, 1.165) is 51.6 Å². The van der Waals surface area contributed by atoms with Gasteiger partial charge in [-0.1, -0.05) is 19.1 Å². The highest BCUT2D eigenvalue weighted by atomic mass is 32.1. The average molecular weight is 298 g/mol. The molecule has 2 rings (SSSR count). The van der Waals surface area contributed by atoms with E-state index in [4.69, 9.17) is 22.7 Å². The summed E-state index contributed by atoms with van der Waals surface area (Å²) in [5, 5.41) is 3.11. The Kier molecular flexibility index (Phi) is 5.38. The highest BCUT2D eigenvalue weighted by molar-refractivity contribution is 7.80. The monoisotopic (exact) mass is 298 g/mol. The molecule has 5 heteroatoms. The topological polar surface area (TPSA) is 64.3 Å². The van der Waals surface area contributed by atoms with Gasteiger partial charge in [-0.2, -0.15) is 0 Å². The summed E-state index contributed by atoms with van der Waals surface area (Å²) in [5.41, 5.74) is 5.45. The average Bonchev–Trinajstić information content (AvgIpc) is 2.42. The van der Waals surface area contributed by atoms with E-state index in [2.05, 4.69) is 12.2 Å². The molecule has 0 aromatic carbocycles. The molecule has 114 valence electrons. The van der Waals surface area contributed by atoms with Crippen LogP contribution in [0.15, 0.2) is 0 Å². The minimum absolute atomic E-state index is 0.0271. The lowest BCUT2D eigenvalue weighted by molar-refractivity contribution is -0.126. The number of carbonyl (C=O) groups is 1. The summed E-state index contributed by atoms with van der Waals surface area (Å²) in [5.74, 6) is 0.718. The van der Waals surface area contributed by atoms with Gasteiger partial charge < -0.3 is 15.8 Å². The molecule has 1 aliphatic heterocycles. The SMILES string of the molecule is CC1CCC(NC(=O)CC2CCCCO2)(C(N)=S)CC1. The molecule has 1 aliphatic carbocycles. The van der Waals surface area contributed by atoms with Gasteiger partial charge in [-0.05, 0) is 50.9 Å². The molecule has 1 amide bonds. The van der Waals surface area contributed by atoms with Crippen LogP contribution >= 0.6 is 12.2 Å². The molecule has 1 saturated carbocycles. The molecule has 0 aromatic heterocycles. The van der Waals surface area contributed by atoms with Gasteiger partial charge in [0.25, 0.3) is 0 Å². The first-order chi connectivity index (χ1) is 9.52. The first kappa shape index (κ1) is 15.7. The van der Waals surface area contributed by atoms with Crippen molar-refractivity contribution in [1.82, 2.24) is 5.32 Å². The van der Waals surface area contributed by atoms with Crippen LogP contribution in [0.3, 0.4) is 0 Å². The molecule has 1 atom stereocenters. The third kappa shape index (κ3) is 3.92. The first-order valence-electron chi connectivity index (χ1n) is 7.74. The number of ether oxygens (including phenoxy) is 1. The van der Waals surface area contributed by atoms with Crippen molar-refractivity contribution in [2.24, 2.45) is 11.7 Å². The Labute approximate surface area is 126 Å². The van der Waals surface area contributed by atoms with Gasteiger partial charge >= 0.3 is 0 Å². The van der Waals surface area contributed by atoms with E-state index in [0.29, 0.717) is 17.3 Å². The van der Waals surface area contributed by atoms with E-state index in [9.17, 15) is 4.79 Å². The summed E-state index contributed by atoms with van der Waals surface area (Å²) < 4.78 is 5.62. The molecule has 0 aromatic rings. The Bertz CT molecular complexity index is 359. The van der Waals surface area contributed by atoms with Crippen LogP contribution in [-0.2, 0) is 9.53 Å². The summed E-state index contributed by atoms with van der Waals surface area (Å²) in [7, 11) is 0. The number of thiocarbonyl (C=S) groups is 1. The number of rotatable bonds is 4. The minimum atomic E-state index is -0.465. The predicted molar refractivity (Wildman–Crippen MR) is 83.5 cm³/mol. The van der Waals surface area contributed by atoms with Crippen LogP contribution < -0.4 is 11.1 Å². The van der Waals surface area contributed by atoms with Crippen LogP contribution in [0.4, 0.5) is 0 Å². The van der Waals surface area contributed by atoms with E-state index in [1.807, 2.05) is 0 Å². The molecular weight excluding hydrogens is 272 g/mol. The second kappa shape index (κ2) is 6.85. The standard InChI is InChI=1S/C15H26N2O2S/c1-11-5-7-15(8-6-11,14(16)20)17-13(18)10-12-4-2-3-9-19-12/h11-12H,2-10H2,1H3,(H2,16,20)(H,17,18). The second-order valence-corrected chi connectivity index (χ2v) is 6.81. The Hall–Kier alpha value is -0.680. The molecule has 2 fully saturated rings. The van der Waals surface area contributed by atoms with E-state index in [1.165, 1.54) is 0 Å². The van der Waals surface area contributed by atoms with Gasteiger partial charge in [0.05, 0.1) is 23.1 Å². The number of carbonyl (C=O) groups excluding carboxylic acids is 1. The van der Waals surface area contributed by atoms with Crippen LogP contribution in [0, 0.1) is 5.92 Å². The molecular formula is C15H26N2O2S. The zero-order chi connectivity index (χ0) is 14.6. The largest absolute Gasteiger partial charge is 0.391 e. The molecule has 4 nitrogen and oxygen atoms in total. The second-order valence-electron chi connectivity index (χ2n) is 6.37. The van der Waals surface area contributed by atoms with E-state index in [-0.39, 0.29) is 12.0 Å². The normalized spacial score (nSPS) is 34.5. The molecule has 0 radical (unpaired) electrons. The summed E-state index contributed by atoms with van der Waals surface area (Å²) in [4.78, 5) is 12.7. The zero-order valence-corrected chi connectivity index (χ0v) is 13.1. The zero-order valence-electron chi connectivity index (χ0n) is 12.3. The van der Waals surface area contributed by atoms with Gasteiger partial charge in [-0.3, -0.25) is 4.79 Å². The summed E-state index contributed by atoms with van der Waals surface area (Å²) in [6, 6.07) is 0. The van der Waals surface area contributed by atoms with Crippen molar-refractivity contribution in [3.63, 3.8) is 0 Å². The van der Waals surface area contributed by atoms with Crippen LogP contribution in [-0.4, -0.2) is 29.1 Å². The maximum atomic E-state index is 12.3. The van der Waals surface area contributed by atoms with E-state index in [1.54, 1.807) is 0 Å². The van der Waals surface area contributed by atoms with E-state index < -0.39 is 5.54 Å². The van der Waals surface area contributed by atoms with Crippen molar-refractivity contribution in [1.29, 1.82) is 0 Å². The van der Waals surface area contributed by atoms with Gasteiger partial charge in [0.15, 0.2) is 0 Å². The number of nitrogens with two attached hydrogens (primary N) is 1. The van der Waals surface area contributed by atoms with Crippen molar-refractivity contribution in [2.75, 3.05) is 6.61 Å². The predicted octanol–water partition coefficient (Wildman–Crippen LogP) is 2.30. The molecule has 2 aliphatic rings. The number of nitrogens with one attached hydrogen (secondary N) is 1. The Morgan fingerprint density at radius 1 is 1.35 bits per heavy atom. The van der Waals surface area contributed by atoms with Crippen LogP contribution in [0.5, 0.6) is 0 Å². The smallest absolute Gasteiger partial charge is 0.223 e. The third-order valence-electron chi connectivity index (χ3n) is 4.67. The lowest BCUT2D eigenvalue weighted by atomic mass is 9.77. The minimum Gasteiger partial charge on any atom is -0.391 e. The third-order valence-corrected chi connectivity index (χ3v) is 5.06. The van der Waals surface area contributed by atoms with E-state index >= 15 is 0 Å². The number of amides is 1. The maximum Gasteiger partial charge on any atom is 0.223 e. The lowest BCUT2D eigenvalue weighted by Gasteiger charge is -2.39. The maximum absolute atomic E-state index is 12.3. The number of hydrogen-bond donors (Lipinski definition) is 2. The quantitative estimate of drug-likeness (QED) is 0.782. The fourth-order valence-corrected chi connectivity index (χ4v) is 3.44. The van der Waals surface area contributed by atoms with Crippen molar-refractivity contribution < 1.29 is 9.53 Å². The van der Waals surface area contributed by atoms with Gasteiger partial charge in [0.1, 0.15) is 0 Å². The fourth-order valence-electron chi connectivity index (χ4n) is 3.18. The van der Waals surface area contributed by atoms with Gasteiger partial charge in [0.2, 0.25) is 5.91 Å². The summed E-state index contributed by atoms with van der Waals surface area (Å²) >= 11 is 5.22. The molecule has 1 unspecified atom stereocenters. The number of hydrogen-bond acceptors (Lipinski definition) is 3. The summed E-state index contributed by atoms with van der Waals surface area (Å²) in [6.45, 7) is 3.01. The van der Waals surface area contributed by atoms with Gasteiger partial charge in [-0.15, -0.1) is 0 Å². The Morgan fingerprint density at radius 3 is 2.60 bits per heavy atom. The molecule has 0 bridgehead atoms. The Balaban J connectivity index is 1.90. The molecule has 3 N–H and O–H groups in total. The highest BCUT2D eigenvalue weighted by Crippen LogP contribution is 2.32. The lowest BCUT2D eigenvalue weighted by Crippen LogP contribution is -2.58. The molecule has 1 heterocycles. The van der Waals surface area contributed by atoms with Crippen molar-refractivity contribution in [3.05, 3.63) is 0 Å². The van der Waals surface area contributed by atoms with Crippen LogP contribution in [0.25, 0.3) is 0 Å². The first-order valence-corrected chi connectivity index (χ1v) is 8.15. The molecule has 20 heavy (non-hydrogen) atoms. The van der Waals surface area contributed by atoms with Crippen molar-refractivity contribution in [3.8, 4) is 0 Å². The summed E-state index contributed by atoms with van der Waals surface area (Å²) in [6.07, 6.45) is 7.58. The Morgan fingerprint density at radius 2 is 2.05 bits per heavy atom. The van der Waals surface area contributed by atoms with Crippen LogP contribution in [0.1, 0.15) is 58.3 Å². The van der Waals surface area contributed by atoms with Crippen molar-refractivity contribution >= 4 is 23.1 Å². The van der Waals surface area contributed by atoms with Gasteiger partial charge in [0, 0.05) is 6.61 Å². The fraction of sp³-hybridized carbons (Fsp3) is 0.867. The van der Waals surface area contributed by atoms with Crippen LogP contribution in [0.2, 0.25) is 0 Å². The van der Waals surface area contributed by atoms with Crippen molar-refractivity contribution in [2.45, 2.75) is 69.9 Å². The molecule has 0 spiro atoms. The van der Waals surface area contributed by atoms with Gasteiger partial charge in [-0.25, -0.2) is 0 Å². The molecule has 1 saturated heterocycles. The highest BCUT2D eigenvalue weighted by Gasteiger charge is 2.38.